The number of morpholine rings is 1. The second kappa shape index (κ2) is 11.0. The number of hydrogen-bond donors (Lipinski definition) is 0. The maximum atomic E-state index is 13.7. The molecule has 1 aliphatic heterocycles. The maximum Gasteiger partial charge on any atom is 0.270 e. The first kappa shape index (κ1) is 25.5. The number of fused-ring (bicyclic) bond motifs is 2. The SMILES string of the molecule is Cc1ccc2nc(N(CCCN3CCOCC3)C(=O)c3cc4cc([N+](=O)[O-])ccc4s3)sc2c1.Cl. The molecule has 0 spiro atoms. The molecule has 2 aromatic carbocycles. The number of aromatic nitrogens is 1. The molecule has 11 heteroatoms. The monoisotopic (exact) mass is 532 g/mol. The fraction of sp³-hybridized carbons (Fsp3) is 0.333. The van der Waals surface area contributed by atoms with Crippen LogP contribution >= 0.6 is 35.1 Å². The summed E-state index contributed by atoms with van der Waals surface area (Å²) in [6, 6.07) is 12.6. The van der Waals surface area contributed by atoms with Crippen LogP contribution in [0.15, 0.2) is 42.5 Å². The number of benzene rings is 2. The highest BCUT2D eigenvalue weighted by atomic mass is 35.5. The number of carbonyl (C=O) groups is 1. The molecule has 0 bridgehead atoms. The Labute approximate surface area is 216 Å². The fourth-order valence-corrected chi connectivity index (χ4v) is 6.16. The second-order valence-corrected chi connectivity index (χ2v) is 10.4. The third kappa shape index (κ3) is 5.62. The molecule has 0 saturated carbocycles. The average molecular weight is 533 g/mol. The van der Waals surface area contributed by atoms with E-state index in [2.05, 4.69) is 11.0 Å². The van der Waals surface area contributed by atoms with E-state index in [1.807, 2.05) is 19.1 Å². The molecule has 0 aliphatic carbocycles. The van der Waals surface area contributed by atoms with E-state index in [-0.39, 0.29) is 24.0 Å². The van der Waals surface area contributed by atoms with Gasteiger partial charge in [0, 0.05) is 48.4 Å². The van der Waals surface area contributed by atoms with Gasteiger partial charge in [0.05, 0.1) is 33.2 Å². The van der Waals surface area contributed by atoms with Crippen LogP contribution in [0.3, 0.4) is 0 Å². The van der Waals surface area contributed by atoms with Crippen molar-refractivity contribution in [2.45, 2.75) is 13.3 Å². The van der Waals surface area contributed by atoms with Crippen LogP contribution in [0.2, 0.25) is 0 Å². The third-order valence-electron chi connectivity index (χ3n) is 5.89. The number of halogens is 1. The summed E-state index contributed by atoms with van der Waals surface area (Å²) in [4.78, 5) is 33.9. The van der Waals surface area contributed by atoms with E-state index in [0.717, 1.165) is 59.7 Å². The van der Waals surface area contributed by atoms with Gasteiger partial charge in [0.1, 0.15) is 0 Å². The zero-order valence-corrected chi connectivity index (χ0v) is 21.6. The summed E-state index contributed by atoms with van der Waals surface area (Å²) in [6.07, 6.45) is 0.817. The summed E-state index contributed by atoms with van der Waals surface area (Å²) in [5.74, 6) is -0.124. The molecule has 0 unspecified atom stereocenters. The molecule has 1 aliphatic rings. The lowest BCUT2D eigenvalue weighted by atomic mass is 10.2. The van der Waals surface area contributed by atoms with E-state index < -0.39 is 4.92 Å². The summed E-state index contributed by atoms with van der Waals surface area (Å²) in [6.45, 7) is 6.77. The van der Waals surface area contributed by atoms with Gasteiger partial charge < -0.3 is 4.74 Å². The van der Waals surface area contributed by atoms with E-state index >= 15 is 0 Å². The first-order valence-electron chi connectivity index (χ1n) is 11.1. The van der Waals surface area contributed by atoms with Crippen LogP contribution in [-0.2, 0) is 4.74 Å². The van der Waals surface area contributed by atoms with Gasteiger partial charge in [-0.05, 0) is 43.2 Å². The lowest BCUT2D eigenvalue weighted by Gasteiger charge is -2.27. The topological polar surface area (TPSA) is 88.8 Å². The molecule has 2 aromatic heterocycles. The Morgan fingerprint density at radius 2 is 1.94 bits per heavy atom. The van der Waals surface area contributed by atoms with Gasteiger partial charge in [-0.1, -0.05) is 17.4 Å². The van der Waals surface area contributed by atoms with Crippen LogP contribution in [0.1, 0.15) is 21.7 Å². The predicted molar refractivity (Wildman–Crippen MR) is 144 cm³/mol. The van der Waals surface area contributed by atoms with Gasteiger partial charge in [0.25, 0.3) is 11.6 Å². The highest BCUT2D eigenvalue weighted by molar-refractivity contribution is 7.23. The Morgan fingerprint density at radius 1 is 1.14 bits per heavy atom. The summed E-state index contributed by atoms with van der Waals surface area (Å²) in [5, 5.41) is 12.5. The number of non-ortho nitro benzene ring substituents is 1. The molecular weight excluding hydrogens is 508 g/mol. The van der Waals surface area contributed by atoms with Crippen LogP contribution in [0.4, 0.5) is 10.8 Å². The van der Waals surface area contributed by atoms with Gasteiger partial charge in [0.15, 0.2) is 5.13 Å². The summed E-state index contributed by atoms with van der Waals surface area (Å²) in [7, 11) is 0. The molecule has 35 heavy (non-hydrogen) atoms. The molecule has 1 fully saturated rings. The fourth-order valence-electron chi connectivity index (χ4n) is 4.08. The molecular formula is C24H25ClN4O4S2. The van der Waals surface area contributed by atoms with Crippen molar-refractivity contribution >= 4 is 72.1 Å². The van der Waals surface area contributed by atoms with Gasteiger partial charge >= 0.3 is 0 Å². The standard InChI is InChI=1S/C24H24N4O4S2.ClH/c1-16-3-5-19-21(13-16)34-24(25-19)27(8-2-7-26-9-11-32-12-10-26)23(29)22-15-17-14-18(28(30)31)4-6-20(17)33-22;/h3-6,13-15H,2,7-12H2,1H3;1H. The van der Waals surface area contributed by atoms with Crippen molar-refractivity contribution in [3.05, 3.63) is 63.0 Å². The highest BCUT2D eigenvalue weighted by Gasteiger charge is 2.24. The van der Waals surface area contributed by atoms with Crippen molar-refractivity contribution < 1.29 is 14.5 Å². The number of anilines is 1. The van der Waals surface area contributed by atoms with Crippen LogP contribution in [0, 0.1) is 17.0 Å². The third-order valence-corrected chi connectivity index (χ3v) is 8.04. The van der Waals surface area contributed by atoms with Crippen LogP contribution in [-0.4, -0.2) is 60.1 Å². The molecule has 5 rings (SSSR count). The van der Waals surface area contributed by atoms with Crippen LogP contribution in [0.5, 0.6) is 0 Å². The Bertz CT molecular complexity index is 1370. The van der Waals surface area contributed by atoms with Gasteiger partial charge in [-0.15, -0.1) is 23.7 Å². The first-order chi connectivity index (χ1) is 16.5. The van der Waals surface area contributed by atoms with Crippen molar-refractivity contribution in [1.29, 1.82) is 0 Å². The maximum absolute atomic E-state index is 13.7. The van der Waals surface area contributed by atoms with Crippen LogP contribution < -0.4 is 4.90 Å². The van der Waals surface area contributed by atoms with E-state index in [4.69, 9.17) is 9.72 Å². The minimum atomic E-state index is -0.417. The number of hydrogen-bond acceptors (Lipinski definition) is 8. The number of nitro benzene ring substituents is 1. The summed E-state index contributed by atoms with van der Waals surface area (Å²) >= 11 is 2.87. The lowest BCUT2D eigenvalue weighted by Crippen LogP contribution is -2.39. The lowest BCUT2D eigenvalue weighted by molar-refractivity contribution is -0.384. The predicted octanol–water partition coefficient (Wildman–Crippen LogP) is 5.52. The molecule has 0 atom stereocenters. The van der Waals surface area contributed by atoms with E-state index in [9.17, 15) is 14.9 Å². The van der Waals surface area contributed by atoms with E-state index in [1.54, 1.807) is 17.0 Å². The minimum absolute atomic E-state index is 0. The number of nitro groups is 1. The highest BCUT2D eigenvalue weighted by Crippen LogP contribution is 2.34. The smallest absolute Gasteiger partial charge is 0.270 e. The molecule has 4 aromatic rings. The van der Waals surface area contributed by atoms with Crippen molar-refractivity contribution in [1.82, 2.24) is 9.88 Å². The quantitative estimate of drug-likeness (QED) is 0.230. The minimum Gasteiger partial charge on any atom is -0.379 e. The first-order valence-corrected chi connectivity index (χ1v) is 12.8. The molecule has 8 nitrogen and oxygen atoms in total. The number of carbonyl (C=O) groups excluding carboxylic acids is 1. The zero-order valence-electron chi connectivity index (χ0n) is 19.1. The van der Waals surface area contributed by atoms with Gasteiger partial charge in [-0.2, -0.15) is 0 Å². The zero-order chi connectivity index (χ0) is 23.7. The van der Waals surface area contributed by atoms with Gasteiger partial charge in [-0.25, -0.2) is 4.98 Å². The normalized spacial score (nSPS) is 14.2. The number of rotatable bonds is 7. The number of ether oxygens (including phenoxy) is 1. The molecule has 1 saturated heterocycles. The van der Waals surface area contributed by atoms with E-state index in [1.165, 1.54) is 34.8 Å². The Kier molecular flexibility index (Phi) is 7.98. The van der Waals surface area contributed by atoms with Gasteiger partial charge in [0.2, 0.25) is 0 Å². The van der Waals surface area contributed by atoms with Crippen LogP contribution in [0.25, 0.3) is 20.3 Å². The van der Waals surface area contributed by atoms with Crippen molar-refractivity contribution in [3.8, 4) is 0 Å². The number of amides is 1. The second-order valence-electron chi connectivity index (χ2n) is 8.32. The number of thiazole rings is 1. The van der Waals surface area contributed by atoms with Crippen molar-refractivity contribution in [2.24, 2.45) is 0 Å². The molecule has 1 amide bonds. The molecule has 0 radical (unpaired) electrons. The summed E-state index contributed by atoms with van der Waals surface area (Å²) in [5.41, 5.74) is 2.05. The van der Waals surface area contributed by atoms with Crippen molar-refractivity contribution in [3.63, 3.8) is 0 Å². The molecule has 0 N–H and O–H groups in total. The molecule has 184 valence electrons. The number of aryl methyl sites for hydroxylation is 1. The average Bonchev–Trinajstić information content (AvgIpc) is 3.45. The summed E-state index contributed by atoms with van der Waals surface area (Å²) < 4.78 is 7.33. The Morgan fingerprint density at radius 3 is 2.71 bits per heavy atom. The largest absolute Gasteiger partial charge is 0.379 e. The van der Waals surface area contributed by atoms with Gasteiger partial charge in [-0.3, -0.25) is 24.7 Å². The van der Waals surface area contributed by atoms with E-state index in [0.29, 0.717) is 21.9 Å². The van der Waals surface area contributed by atoms with Crippen molar-refractivity contribution in [2.75, 3.05) is 44.3 Å². The Balaban J connectivity index is 0.00000289. The number of thiophene rings is 1. The Hall–Kier alpha value is -2.63. The number of nitrogens with zero attached hydrogens (tertiary/aromatic N) is 4. The molecule has 3 heterocycles.